The lowest BCUT2D eigenvalue weighted by Gasteiger charge is -2.33. The van der Waals surface area contributed by atoms with Crippen LogP contribution in [0.5, 0.6) is 0 Å². The van der Waals surface area contributed by atoms with E-state index in [0.29, 0.717) is 5.41 Å². The lowest BCUT2D eigenvalue weighted by atomic mass is 9.76. The van der Waals surface area contributed by atoms with Crippen LogP contribution in [-0.2, 0) is 28.4 Å². The molecule has 2 aliphatic rings. The summed E-state index contributed by atoms with van der Waals surface area (Å²) in [6, 6.07) is 4.83. The highest BCUT2D eigenvalue weighted by Gasteiger charge is 2.42. The van der Waals surface area contributed by atoms with Crippen molar-refractivity contribution in [2.75, 3.05) is 13.2 Å². The third-order valence-corrected chi connectivity index (χ3v) is 5.70. The molecule has 0 amide bonds. The van der Waals surface area contributed by atoms with Gasteiger partial charge in [0.15, 0.2) is 0 Å². The lowest BCUT2D eigenvalue weighted by Crippen LogP contribution is -2.30. The Hall–Kier alpha value is -0.820. The predicted octanol–water partition coefficient (Wildman–Crippen LogP) is 5.18. The molecular formula is C21H32O. The van der Waals surface area contributed by atoms with E-state index in [4.69, 9.17) is 4.74 Å². The Kier molecular flexibility index (Phi) is 3.72. The van der Waals surface area contributed by atoms with Gasteiger partial charge in [0, 0.05) is 13.2 Å². The van der Waals surface area contributed by atoms with Crippen LogP contribution in [0, 0.1) is 5.41 Å². The molecule has 0 N–H and O–H groups in total. The Morgan fingerprint density at radius 2 is 1.18 bits per heavy atom. The molecule has 1 aromatic carbocycles. The summed E-state index contributed by atoms with van der Waals surface area (Å²) in [7, 11) is 0. The molecular weight excluding hydrogens is 268 g/mol. The van der Waals surface area contributed by atoms with Gasteiger partial charge in [-0.15, -0.1) is 0 Å². The molecule has 0 atom stereocenters. The monoisotopic (exact) mass is 300 g/mol. The summed E-state index contributed by atoms with van der Waals surface area (Å²) in [6.45, 7) is 16.0. The number of hydrogen-bond acceptors (Lipinski definition) is 1. The first-order chi connectivity index (χ1) is 10.1. The molecule has 22 heavy (non-hydrogen) atoms. The number of fused-ring (bicyclic) bond motifs is 1. The van der Waals surface area contributed by atoms with Crippen molar-refractivity contribution in [3.05, 3.63) is 34.4 Å². The van der Waals surface area contributed by atoms with Gasteiger partial charge in [0.2, 0.25) is 0 Å². The van der Waals surface area contributed by atoms with Gasteiger partial charge in [-0.05, 0) is 64.2 Å². The van der Waals surface area contributed by atoms with Gasteiger partial charge in [0.25, 0.3) is 0 Å². The first-order valence-corrected chi connectivity index (χ1v) is 8.86. The third kappa shape index (κ3) is 2.73. The largest absolute Gasteiger partial charge is 0.381 e. The van der Waals surface area contributed by atoms with Crippen LogP contribution in [0.3, 0.4) is 0 Å². The van der Waals surface area contributed by atoms with E-state index in [1.165, 1.54) is 25.7 Å². The van der Waals surface area contributed by atoms with Crippen LogP contribution in [0.1, 0.15) is 76.6 Å². The molecule has 1 heterocycles. The summed E-state index contributed by atoms with van der Waals surface area (Å²) >= 11 is 0. The molecule has 0 radical (unpaired) electrons. The Labute approximate surface area is 136 Å². The van der Waals surface area contributed by atoms with Gasteiger partial charge < -0.3 is 4.74 Å². The zero-order valence-electron chi connectivity index (χ0n) is 15.3. The fourth-order valence-corrected chi connectivity index (χ4v) is 4.47. The van der Waals surface area contributed by atoms with Crippen LogP contribution in [-0.4, -0.2) is 13.2 Å². The van der Waals surface area contributed by atoms with Gasteiger partial charge >= 0.3 is 0 Å². The highest BCUT2D eigenvalue weighted by Crippen LogP contribution is 2.49. The number of ether oxygens (including phenoxy) is 1. The summed E-state index contributed by atoms with van der Waals surface area (Å²) in [6.07, 6.45) is 4.99. The molecule has 1 saturated heterocycles. The molecule has 122 valence electrons. The highest BCUT2D eigenvalue weighted by molar-refractivity contribution is 5.50. The van der Waals surface area contributed by atoms with Crippen LogP contribution in [0.15, 0.2) is 12.1 Å². The highest BCUT2D eigenvalue weighted by atomic mass is 16.5. The number of rotatable bonds is 0. The summed E-state index contributed by atoms with van der Waals surface area (Å²) in [5.74, 6) is 0. The van der Waals surface area contributed by atoms with Crippen molar-refractivity contribution in [2.45, 2.75) is 78.1 Å². The molecule has 1 spiro atoms. The second-order valence-electron chi connectivity index (χ2n) is 9.58. The van der Waals surface area contributed by atoms with Gasteiger partial charge in [0.05, 0.1) is 0 Å². The second kappa shape index (κ2) is 5.09. The van der Waals surface area contributed by atoms with E-state index in [2.05, 4.69) is 53.7 Å². The Balaban J connectivity index is 2.12. The minimum atomic E-state index is 0.233. The van der Waals surface area contributed by atoms with E-state index in [1.54, 1.807) is 22.3 Å². The van der Waals surface area contributed by atoms with Crippen molar-refractivity contribution in [3.63, 3.8) is 0 Å². The van der Waals surface area contributed by atoms with E-state index in [1.807, 2.05) is 0 Å². The molecule has 1 heteroatoms. The Morgan fingerprint density at radius 3 is 1.55 bits per heavy atom. The van der Waals surface area contributed by atoms with Crippen LogP contribution < -0.4 is 0 Å². The quantitative estimate of drug-likeness (QED) is 0.641. The molecule has 0 saturated carbocycles. The maximum Gasteiger partial charge on any atom is 0.0471 e. The third-order valence-electron chi connectivity index (χ3n) is 5.70. The topological polar surface area (TPSA) is 9.23 Å². The average Bonchev–Trinajstić information content (AvgIpc) is 2.73. The molecule has 0 bridgehead atoms. The molecule has 0 unspecified atom stereocenters. The summed E-state index contributed by atoms with van der Waals surface area (Å²) < 4.78 is 5.65. The maximum atomic E-state index is 5.65. The van der Waals surface area contributed by atoms with Crippen molar-refractivity contribution in [1.29, 1.82) is 0 Å². The summed E-state index contributed by atoms with van der Waals surface area (Å²) in [4.78, 5) is 0. The second-order valence-corrected chi connectivity index (χ2v) is 9.58. The van der Waals surface area contributed by atoms with Crippen LogP contribution >= 0.6 is 0 Å². The van der Waals surface area contributed by atoms with Gasteiger partial charge in [-0.3, -0.25) is 0 Å². The van der Waals surface area contributed by atoms with Gasteiger partial charge in [0.1, 0.15) is 0 Å². The maximum absolute atomic E-state index is 5.65. The van der Waals surface area contributed by atoms with E-state index < -0.39 is 0 Å². The normalized spacial score (nSPS) is 21.2. The minimum absolute atomic E-state index is 0.233. The molecule has 1 aliphatic heterocycles. The van der Waals surface area contributed by atoms with Crippen LogP contribution in [0.2, 0.25) is 0 Å². The molecule has 3 rings (SSSR count). The van der Waals surface area contributed by atoms with Gasteiger partial charge in [-0.25, -0.2) is 0 Å². The molecule has 0 aromatic heterocycles. The molecule has 1 nitrogen and oxygen atoms in total. The standard InChI is InChI=1S/C21H32O/c1-19(2,3)17-7-8-18(20(4,5)6)16-14-21(13-15(16)17)9-11-22-12-10-21/h7-8H,9-14H2,1-6H3. The summed E-state index contributed by atoms with van der Waals surface area (Å²) in [5.41, 5.74) is 7.41. The molecule has 1 aliphatic carbocycles. The minimum Gasteiger partial charge on any atom is -0.381 e. The van der Waals surface area contributed by atoms with Crippen molar-refractivity contribution in [1.82, 2.24) is 0 Å². The zero-order chi connectivity index (χ0) is 16.2. The van der Waals surface area contributed by atoms with Crippen LogP contribution in [0.4, 0.5) is 0 Å². The zero-order valence-corrected chi connectivity index (χ0v) is 15.3. The molecule has 1 fully saturated rings. The van der Waals surface area contributed by atoms with Crippen molar-refractivity contribution in [3.8, 4) is 0 Å². The van der Waals surface area contributed by atoms with E-state index in [-0.39, 0.29) is 10.8 Å². The Morgan fingerprint density at radius 1 is 0.773 bits per heavy atom. The first kappa shape index (κ1) is 16.1. The van der Waals surface area contributed by atoms with Gasteiger partial charge in [-0.2, -0.15) is 0 Å². The van der Waals surface area contributed by atoms with Crippen molar-refractivity contribution in [2.24, 2.45) is 5.41 Å². The molecule has 1 aromatic rings. The van der Waals surface area contributed by atoms with Crippen LogP contribution in [0.25, 0.3) is 0 Å². The first-order valence-electron chi connectivity index (χ1n) is 8.86. The predicted molar refractivity (Wildman–Crippen MR) is 93.7 cm³/mol. The van der Waals surface area contributed by atoms with E-state index in [9.17, 15) is 0 Å². The smallest absolute Gasteiger partial charge is 0.0471 e. The number of benzene rings is 1. The lowest BCUT2D eigenvalue weighted by molar-refractivity contribution is 0.0197. The number of hydrogen-bond donors (Lipinski definition) is 0. The Bertz CT molecular complexity index is 518. The van der Waals surface area contributed by atoms with Crippen molar-refractivity contribution < 1.29 is 4.74 Å². The SMILES string of the molecule is CC(C)(C)c1ccc(C(C)(C)C)c2c1CC1(CCOCC1)C2. The van der Waals surface area contributed by atoms with Crippen molar-refractivity contribution >= 4 is 0 Å². The van der Waals surface area contributed by atoms with Gasteiger partial charge in [-0.1, -0.05) is 53.7 Å². The fourth-order valence-electron chi connectivity index (χ4n) is 4.47. The summed E-state index contributed by atoms with van der Waals surface area (Å²) in [5, 5.41) is 0. The van der Waals surface area contributed by atoms with E-state index in [0.717, 1.165) is 13.2 Å². The fraction of sp³-hybridized carbons (Fsp3) is 0.714. The van der Waals surface area contributed by atoms with E-state index >= 15 is 0 Å². The average molecular weight is 300 g/mol.